The summed E-state index contributed by atoms with van der Waals surface area (Å²) in [5.74, 6) is 1.90. The highest BCUT2D eigenvalue weighted by molar-refractivity contribution is 5.95. The number of piperidine rings is 1. The Balaban J connectivity index is 1.55. The highest BCUT2D eigenvalue weighted by Gasteiger charge is 2.29. The lowest BCUT2D eigenvalue weighted by molar-refractivity contribution is 0.186. The first kappa shape index (κ1) is 21.8. The molecule has 5 rings (SSSR count). The van der Waals surface area contributed by atoms with Crippen LogP contribution >= 0.6 is 0 Å². The number of aromatic nitrogens is 3. The first-order chi connectivity index (χ1) is 16.1. The second kappa shape index (κ2) is 9.08. The predicted octanol–water partition coefficient (Wildman–Crippen LogP) is 3.68. The maximum atomic E-state index is 9.84. The zero-order valence-electron chi connectivity index (χ0n) is 19.5. The van der Waals surface area contributed by atoms with E-state index in [4.69, 9.17) is 14.2 Å². The summed E-state index contributed by atoms with van der Waals surface area (Å²) in [5, 5.41) is 18.6. The molecule has 0 unspecified atom stereocenters. The van der Waals surface area contributed by atoms with Gasteiger partial charge in [0.1, 0.15) is 11.9 Å². The SMILES string of the molecule is CCc1cc(C#N)c2nc(N3CCC(N[C@H]4CCOC4)CC3)c(-c3nc(C)no3)c(C)c2c1. The summed E-state index contributed by atoms with van der Waals surface area (Å²) >= 11 is 0. The molecular formula is C25H30N6O2. The molecular weight excluding hydrogens is 416 g/mol. The van der Waals surface area contributed by atoms with Crippen LogP contribution in [0.25, 0.3) is 22.4 Å². The monoisotopic (exact) mass is 446 g/mol. The molecule has 0 spiro atoms. The van der Waals surface area contributed by atoms with E-state index in [1.807, 2.05) is 13.0 Å². The molecule has 2 fully saturated rings. The van der Waals surface area contributed by atoms with Crippen molar-refractivity contribution >= 4 is 16.7 Å². The highest BCUT2D eigenvalue weighted by Crippen LogP contribution is 2.38. The van der Waals surface area contributed by atoms with E-state index in [1.165, 1.54) is 0 Å². The number of benzene rings is 1. The Labute approximate surface area is 193 Å². The van der Waals surface area contributed by atoms with E-state index in [9.17, 15) is 5.26 Å². The van der Waals surface area contributed by atoms with Crippen molar-refractivity contribution in [2.24, 2.45) is 0 Å². The van der Waals surface area contributed by atoms with E-state index >= 15 is 0 Å². The third-order valence-electron chi connectivity index (χ3n) is 6.86. The molecule has 2 aliphatic rings. The number of hydrogen-bond acceptors (Lipinski definition) is 8. The average molecular weight is 447 g/mol. The Morgan fingerprint density at radius 3 is 2.61 bits per heavy atom. The number of ether oxygens (including phenoxy) is 1. The molecule has 0 saturated carbocycles. The zero-order valence-corrected chi connectivity index (χ0v) is 19.5. The van der Waals surface area contributed by atoms with Gasteiger partial charge in [0, 0.05) is 37.2 Å². The van der Waals surface area contributed by atoms with Crippen LogP contribution in [0, 0.1) is 25.2 Å². The van der Waals surface area contributed by atoms with Crippen LogP contribution in [0.4, 0.5) is 5.82 Å². The number of aryl methyl sites for hydroxylation is 3. The van der Waals surface area contributed by atoms with Crippen LogP contribution in [0.3, 0.4) is 0 Å². The second-order valence-electron chi connectivity index (χ2n) is 9.08. The molecule has 1 N–H and O–H groups in total. The summed E-state index contributed by atoms with van der Waals surface area (Å²) < 4.78 is 11.1. The Kier molecular flexibility index (Phi) is 6.00. The molecule has 172 valence electrons. The zero-order chi connectivity index (χ0) is 22.9. The Bertz CT molecular complexity index is 1200. The molecule has 2 saturated heterocycles. The molecule has 3 aromatic rings. The minimum absolute atomic E-state index is 0.463. The van der Waals surface area contributed by atoms with Crippen LogP contribution in [0.5, 0.6) is 0 Å². The number of pyridine rings is 1. The van der Waals surface area contributed by atoms with E-state index in [2.05, 4.69) is 46.3 Å². The van der Waals surface area contributed by atoms with Crippen LogP contribution in [-0.2, 0) is 11.2 Å². The molecule has 0 aliphatic carbocycles. The lowest BCUT2D eigenvalue weighted by Crippen LogP contribution is -2.46. The Morgan fingerprint density at radius 1 is 1.15 bits per heavy atom. The van der Waals surface area contributed by atoms with Crippen LogP contribution in [0.2, 0.25) is 0 Å². The molecule has 2 aromatic heterocycles. The van der Waals surface area contributed by atoms with Gasteiger partial charge in [-0.3, -0.25) is 0 Å². The smallest absolute Gasteiger partial charge is 0.261 e. The number of fused-ring (bicyclic) bond motifs is 1. The molecule has 0 amide bonds. The van der Waals surface area contributed by atoms with Crippen molar-refractivity contribution in [1.82, 2.24) is 20.4 Å². The number of hydrogen-bond donors (Lipinski definition) is 1. The average Bonchev–Trinajstić information content (AvgIpc) is 3.50. The second-order valence-corrected chi connectivity index (χ2v) is 9.08. The molecule has 8 nitrogen and oxygen atoms in total. The molecule has 4 heterocycles. The van der Waals surface area contributed by atoms with Crippen molar-refractivity contribution in [2.45, 2.75) is 58.5 Å². The van der Waals surface area contributed by atoms with Crippen LogP contribution < -0.4 is 10.2 Å². The van der Waals surface area contributed by atoms with Gasteiger partial charge < -0.3 is 19.5 Å². The van der Waals surface area contributed by atoms with Gasteiger partial charge in [-0.15, -0.1) is 0 Å². The predicted molar refractivity (Wildman–Crippen MR) is 126 cm³/mol. The van der Waals surface area contributed by atoms with Gasteiger partial charge in [0.15, 0.2) is 5.82 Å². The maximum absolute atomic E-state index is 9.84. The molecule has 2 aliphatic heterocycles. The van der Waals surface area contributed by atoms with Gasteiger partial charge in [-0.2, -0.15) is 10.2 Å². The summed E-state index contributed by atoms with van der Waals surface area (Å²) in [7, 11) is 0. The van der Waals surface area contributed by atoms with Crippen molar-refractivity contribution in [3.63, 3.8) is 0 Å². The molecule has 1 atom stereocenters. The number of anilines is 1. The maximum Gasteiger partial charge on any atom is 0.261 e. The quantitative estimate of drug-likeness (QED) is 0.633. The molecule has 1 aromatic carbocycles. The number of nitriles is 1. The van der Waals surface area contributed by atoms with Crippen molar-refractivity contribution in [3.05, 3.63) is 34.6 Å². The summed E-state index contributed by atoms with van der Waals surface area (Å²) in [6.45, 7) is 9.39. The minimum Gasteiger partial charge on any atom is -0.380 e. The van der Waals surface area contributed by atoms with Gasteiger partial charge in [-0.05, 0) is 62.8 Å². The third-order valence-corrected chi connectivity index (χ3v) is 6.86. The summed E-state index contributed by atoms with van der Waals surface area (Å²) in [5.41, 5.74) is 4.36. The lowest BCUT2D eigenvalue weighted by atomic mass is 9.96. The van der Waals surface area contributed by atoms with Crippen molar-refractivity contribution < 1.29 is 9.26 Å². The van der Waals surface area contributed by atoms with E-state index in [0.717, 1.165) is 85.4 Å². The van der Waals surface area contributed by atoms with Crippen molar-refractivity contribution in [3.8, 4) is 17.5 Å². The fourth-order valence-corrected chi connectivity index (χ4v) is 4.99. The van der Waals surface area contributed by atoms with Gasteiger partial charge >= 0.3 is 0 Å². The van der Waals surface area contributed by atoms with E-state index in [1.54, 1.807) is 0 Å². The standard InChI is InChI=1S/C25H30N6O2/c1-4-17-11-18(13-26)23-21(12-17)15(2)22(25-27-16(3)30-33-25)24(29-23)31-8-5-19(6-9-31)28-20-7-10-32-14-20/h11-12,19-20,28H,4-10,14H2,1-3H3/t20-/m0/s1. The molecule has 0 bridgehead atoms. The summed E-state index contributed by atoms with van der Waals surface area (Å²) in [6, 6.07) is 7.39. The van der Waals surface area contributed by atoms with Gasteiger partial charge in [0.05, 0.1) is 23.3 Å². The van der Waals surface area contributed by atoms with Crippen LogP contribution in [-0.4, -0.2) is 53.5 Å². The Morgan fingerprint density at radius 2 is 1.97 bits per heavy atom. The fourth-order valence-electron chi connectivity index (χ4n) is 4.99. The van der Waals surface area contributed by atoms with Gasteiger partial charge in [0.25, 0.3) is 5.89 Å². The summed E-state index contributed by atoms with van der Waals surface area (Å²) in [6.07, 6.45) is 3.99. The van der Waals surface area contributed by atoms with E-state index in [0.29, 0.717) is 29.4 Å². The highest BCUT2D eigenvalue weighted by atomic mass is 16.5. The first-order valence-electron chi connectivity index (χ1n) is 11.8. The number of rotatable bonds is 5. The van der Waals surface area contributed by atoms with Crippen LogP contribution in [0.15, 0.2) is 16.7 Å². The molecule has 0 radical (unpaired) electrons. The number of nitrogens with one attached hydrogen (secondary N) is 1. The topological polar surface area (TPSA) is 100 Å². The largest absolute Gasteiger partial charge is 0.380 e. The fraction of sp³-hybridized carbons (Fsp3) is 0.520. The third kappa shape index (κ3) is 4.19. The van der Waals surface area contributed by atoms with Gasteiger partial charge in [-0.1, -0.05) is 12.1 Å². The Hall–Kier alpha value is -3.02. The van der Waals surface area contributed by atoms with Crippen molar-refractivity contribution in [1.29, 1.82) is 5.26 Å². The summed E-state index contributed by atoms with van der Waals surface area (Å²) in [4.78, 5) is 11.9. The van der Waals surface area contributed by atoms with E-state index in [-0.39, 0.29) is 0 Å². The lowest BCUT2D eigenvalue weighted by Gasteiger charge is -2.35. The first-order valence-corrected chi connectivity index (χ1v) is 11.8. The molecule has 8 heteroatoms. The van der Waals surface area contributed by atoms with Gasteiger partial charge in [0.2, 0.25) is 0 Å². The van der Waals surface area contributed by atoms with Gasteiger partial charge in [-0.25, -0.2) is 4.98 Å². The van der Waals surface area contributed by atoms with E-state index < -0.39 is 0 Å². The normalized spacial score (nSPS) is 19.3. The van der Waals surface area contributed by atoms with Crippen molar-refractivity contribution in [2.75, 3.05) is 31.2 Å². The molecule has 33 heavy (non-hydrogen) atoms. The van der Waals surface area contributed by atoms with Crippen LogP contribution in [0.1, 0.15) is 48.7 Å². The number of nitrogens with zero attached hydrogens (tertiary/aromatic N) is 5. The minimum atomic E-state index is 0.463.